The zero-order chi connectivity index (χ0) is 27.4. The molecule has 0 aromatic heterocycles. The Balaban J connectivity index is 1.31. The fraction of sp³-hybridized carbons (Fsp3) is 0.265. The van der Waals surface area contributed by atoms with Gasteiger partial charge in [0.1, 0.15) is 5.75 Å². The summed E-state index contributed by atoms with van der Waals surface area (Å²) in [4.78, 5) is 12.1. The molecular weight excluding hydrogens is 567 g/mol. The van der Waals surface area contributed by atoms with Crippen LogP contribution in [-0.2, 0) is 4.74 Å². The molecule has 0 spiro atoms. The molecule has 0 saturated carbocycles. The van der Waals surface area contributed by atoms with E-state index in [1.165, 1.54) is 41.2 Å². The van der Waals surface area contributed by atoms with Gasteiger partial charge >= 0.3 is 206 Å². The number of phenols is 1. The molecule has 0 aliphatic rings. The maximum atomic E-state index is 12.1. The summed E-state index contributed by atoms with van der Waals surface area (Å²) in [5.41, 5.74) is 0.225. The third kappa shape index (κ3) is 6.80. The minimum absolute atomic E-state index is 0.0357. The van der Waals surface area contributed by atoms with Crippen molar-refractivity contribution in [3.63, 3.8) is 0 Å². The number of esters is 1. The average molecular weight is 606 g/mol. The van der Waals surface area contributed by atoms with Crippen LogP contribution in [0.5, 0.6) is 5.75 Å². The van der Waals surface area contributed by atoms with Crippen LogP contribution in [0.3, 0.4) is 0 Å². The van der Waals surface area contributed by atoms with E-state index in [2.05, 4.69) is 106 Å². The number of carbonyl (C=O) groups excluding carboxylic acids is 1. The van der Waals surface area contributed by atoms with Gasteiger partial charge in [0, 0.05) is 0 Å². The van der Waals surface area contributed by atoms with Crippen LogP contribution in [0.1, 0.15) is 55.3 Å². The van der Waals surface area contributed by atoms with Gasteiger partial charge in [0.25, 0.3) is 0 Å². The van der Waals surface area contributed by atoms with Crippen molar-refractivity contribution in [2.75, 3.05) is 12.8 Å². The average Bonchev–Trinajstić information content (AvgIpc) is 2.99. The Morgan fingerprint density at radius 3 is 1.49 bits per heavy atom. The summed E-state index contributed by atoms with van der Waals surface area (Å²) >= 11 is 4.54. The fourth-order valence-electron chi connectivity index (χ4n) is 5.33. The number of phenolic OH excluding ortho intramolecular Hbond substituents is 1. The number of hydrogen-bond acceptors (Lipinski definition) is 3. The predicted octanol–water partition coefficient (Wildman–Crippen LogP) is 8.12. The first-order chi connectivity index (χ1) is 19.0. The number of aromatic hydroxyl groups is 1. The Morgan fingerprint density at radius 1 is 0.590 bits per heavy atom. The molecule has 3 nitrogen and oxygen atoms in total. The summed E-state index contributed by atoms with van der Waals surface area (Å²) in [7, 11) is 0. The number of unbranched alkanes of at least 4 members (excludes halogenated alkanes) is 6. The zero-order valence-electron chi connectivity index (χ0n) is 22.4. The first kappa shape index (κ1) is 29.1. The molecule has 4 aromatic carbocycles. The summed E-state index contributed by atoms with van der Waals surface area (Å²) in [5, 5.41) is 11.1. The van der Waals surface area contributed by atoms with Crippen LogP contribution in [0.25, 0.3) is 0 Å². The summed E-state index contributed by atoms with van der Waals surface area (Å²) in [5.74, 6) is -0.495. The van der Waals surface area contributed by atoms with Crippen molar-refractivity contribution in [1.82, 2.24) is 0 Å². The van der Waals surface area contributed by atoms with Gasteiger partial charge in [-0.05, 0) is 12.1 Å². The molecule has 0 saturated heterocycles. The minimum Gasteiger partial charge on any atom is -0.507 e. The third-order valence-corrected chi connectivity index (χ3v) is 17.5. The van der Waals surface area contributed by atoms with E-state index >= 15 is 0 Å². The van der Waals surface area contributed by atoms with Gasteiger partial charge in [-0.3, -0.25) is 0 Å². The molecular formula is C34H38BrO3P. The van der Waals surface area contributed by atoms with Crippen LogP contribution in [0.15, 0.2) is 115 Å². The van der Waals surface area contributed by atoms with Gasteiger partial charge in [-0.15, -0.1) is 0 Å². The first-order valence-corrected chi connectivity index (χ1v) is 18.3. The number of benzene rings is 4. The Kier molecular flexibility index (Phi) is 10.4. The van der Waals surface area contributed by atoms with Crippen molar-refractivity contribution in [2.45, 2.75) is 44.9 Å². The molecule has 5 heteroatoms. The second-order valence-electron chi connectivity index (χ2n) is 10.0. The SMILES string of the molecule is O=C(OCCCCCCCCCP(Br)(c1ccccc1)(c1ccccc1)c1ccccc1)c1ccccc1O. The van der Waals surface area contributed by atoms with Crippen LogP contribution >= 0.6 is 20.8 Å². The van der Waals surface area contributed by atoms with E-state index in [9.17, 15) is 9.90 Å². The summed E-state index contributed by atoms with van der Waals surface area (Å²) in [6.07, 6.45) is 8.76. The van der Waals surface area contributed by atoms with E-state index in [1.54, 1.807) is 18.2 Å². The van der Waals surface area contributed by atoms with Crippen LogP contribution in [0, 0.1) is 0 Å². The number of halogens is 1. The molecule has 0 aliphatic heterocycles. The molecule has 0 radical (unpaired) electrons. The van der Waals surface area contributed by atoms with Crippen molar-refractivity contribution in [2.24, 2.45) is 0 Å². The zero-order valence-corrected chi connectivity index (χ0v) is 24.9. The van der Waals surface area contributed by atoms with Gasteiger partial charge in [0.2, 0.25) is 0 Å². The van der Waals surface area contributed by atoms with Crippen molar-refractivity contribution in [3.8, 4) is 5.75 Å². The molecule has 0 atom stereocenters. The van der Waals surface area contributed by atoms with E-state index in [1.807, 2.05) is 0 Å². The first-order valence-electron chi connectivity index (χ1n) is 13.9. The van der Waals surface area contributed by atoms with Crippen molar-refractivity contribution >= 4 is 42.7 Å². The number of carbonyl (C=O) groups is 1. The number of rotatable bonds is 14. The Morgan fingerprint density at radius 2 is 1.00 bits per heavy atom. The van der Waals surface area contributed by atoms with Gasteiger partial charge in [-0.2, -0.15) is 0 Å². The number of hydrogen-bond donors (Lipinski definition) is 1. The second kappa shape index (κ2) is 13.9. The smallest absolute Gasteiger partial charge is 0.507 e. The van der Waals surface area contributed by atoms with E-state index in [0.29, 0.717) is 6.61 Å². The number of para-hydroxylation sites is 1. The van der Waals surface area contributed by atoms with Gasteiger partial charge in [-0.25, -0.2) is 0 Å². The Bertz CT molecular complexity index is 1210. The van der Waals surface area contributed by atoms with Crippen LogP contribution in [0.2, 0.25) is 0 Å². The van der Waals surface area contributed by atoms with Gasteiger partial charge in [0.05, 0.1) is 0 Å². The molecule has 4 aromatic rings. The molecule has 204 valence electrons. The van der Waals surface area contributed by atoms with Gasteiger partial charge in [-0.1, -0.05) is 12.1 Å². The fourth-order valence-corrected chi connectivity index (χ4v) is 13.1. The quantitative estimate of drug-likeness (QED) is 0.0898. The van der Waals surface area contributed by atoms with Crippen molar-refractivity contribution in [3.05, 3.63) is 121 Å². The van der Waals surface area contributed by atoms with Crippen LogP contribution in [0.4, 0.5) is 0 Å². The van der Waals surface area contributed by atoms with Gasteiger partial charge < -0.3 is 5.11 Å². The monoisotopic (exact) mass is 604 g/mol. The molecule has 0 fully saturated rings. The van der Waals surface area contributed by atoms with Crippen LogP contribution in [-0.4, -0.2) is 23.8 Å². The Hall–Kier alpha value is -2.94. The van der Waals surface area contributed by atoms with E-state index in [-0.39, 0.29) is 11.3 Å². The molecule has 4 rings (SSSR count). The predicted molar refractivity (Wildman–Crippen MR) is 170 cm³/mol. The molecule has 0 bridgehead atoms. The maximum absolute atomic E-state index is 12.1. The van der Waals surface area contributed by atoms with Gasteiger partial charge in [0.15, 0.2) is 0 Å². The normalized spacial score (nSPS) is 12.4. The third-order valence-electron chi connectivity index (χ3n) is 7.46. The summed E-state index contributed by atoms with van der Waals surface area (Å²) in [6.45, 7) is 0.386. The van der Waals surface area contributed by atoms with E-state index in [4.69, 9.17) is 4.74 Å². The molecule has 0 heterocycles. The minimum atomic E-state index is -2.82. The van der Waals surface area contributed by atoms with Crippen LogP contribution < -0.4 is 15.9 Å². The van der Waals surface area contributed by atoms with Crippen molar-refractivity contribution < 1.29 is 14.6 Å². The molecule has 0 unspecified atom stereocenters. The van der Waals surface area contributed by atoms with E-state index in [0.717, 1.165) is 31.8 Å². The molecule has 39 heavy (non-hydrogen) atoms. The number of ether oxygens (including phenoxy) is 1. The molecule has 0 amide bonds. The topological polar surface area (TPSA) is 46.5 Å². The summed E-state index contributed by atoms with van der Waals surface area (Å²) < 4.78 is 5.33. The van der Waals surface area contributed by atoms with Crippen molar-refractivity contribution in [1.29, 1.82) is 0 Å². The molecule has 0 aliphatic carbocycles. The standard InChI is InChI=1S/C34H38BrO3P/c35-39(29-19-9-6-10-20-29,30-21-11-7-12-22-30,31-23-13-8-14-24-31)28-18-5-3-1-2-4-17-27-38-34(37)32-25-15-16-26-33(32)36/h6-16,19-26,36H,1-5,17-18,27-28H2. The second-order valence-corrected chi connectivity index (χ2v) is 19.1. The van der Waals surface area contributed by atoms with E-state index < -0.39 is 11.3 Å². The summed E-state index contributed by atoms with van der Waals surface area (Å²) in [6, 6.07) is 39.5. The Labute approximate surface area is 240 Å². The molecule has 1 N–H and O–H groups in total.